The van der Waals surface area contributed by atoms with Gasteiger partial charge in [-0.15, -0.1) is 0 Å². The number of ether oxygens (including phenoxy) is 3. The number of fused-ring (bicyclic) bond motifs is 1. The Balaban J connectivity index is 1.39. The van der Waals surface area contributed by atoms with Gasteiger partial charge in [-0.05, 0) is 46.2 Å². The van der Waals surface area contributed by atoms with E-state index in [1.165, 1.54) is 43.5 Å². The van der Waals surface area contributed by atoms with Crippen LogP contribution in [0.3, 0.4) is 0 Å². The molecule has 5 rings (SSSR count). The molecular weight excluding hydrogens is 536 g/mol. The first-order valence-electron chi connectivity index (χ1n) is 13.0. The Labute approximate surface area is 241 Å². The van der Waals surface area contributed by atoms with Crippen molar-refractivity contribution in [3.8, 4) is 11.5 Å². The maximum Gasteiger partial charge on any atom is 0.337 e. The third-order valence-electron chi connectivity index (χ3n) is 6.57. The minimum atomic E-state index is -0.555. The van der Waals surface area contributed by atoms with Crippen LogP contribution in [0.4, 0.5) is 11.4 Å². The first-order valence-corrected chi connectivity index (χ1v) is 13.0. The van der Waals surface area contributed by atoms with Crippen LogP contribution in [-0.4, -0.2) is 23.9 Å². The molecule has 5 aromatic rings. The van der Waals surface area contributed by atoms with E-state index in [9.17, 15) is 19.7 Å². The second-order valence-electron chi connectivity index (χ2n) is 9.30. The summed E-state index contributed by atoms with van der Waals surface area (Å²) in [6, 6.07) is 31.4. The molecule has 0 atom stereocenters. The number of nitro groups is 1. The number of methoxy groups -OCH3 is 1. The number of benzene rings is 5. The first kappa shape index (κ1) is 27.9. The van der Waals surface area contributed by atoms with Crippen LogP contribution in [0.25, 0.3) is 10.8 Å². The van der Waals surface area contributed by atoms with Gasteiger partial charge in [-0.1, -0.05) is 72.8 Å². The zero-order valence-electron chi connectivity index (χ0n) is 22.6. The normalized spacial score (nSPS) is 10.6. The fourth-order valence-corrected chi connectivity index (χ4v) is 4.42. The molecule has 5 aromatic carbocycles. The van der Waals surface area contributed by atoms with Crippen LogP contribution in [0.5, 0.6) is 11.5 Å². The first-order chi connectivity index (χ1) is 20.4. The van der Waals surface area contributed by atoms with E-state index >= 15 is 0 Å². The van der Waals surface area contributed by atoms with Crippen LogP contribution < -0.4 is 14.8 Å². The molecule has 0 saturated heterocycles. The van der Waals surface area contributed by atoms with Crippen molar-refractivity contribution >= 4 is 34.0 Å². The molecule has 0 aliphatic heterocycles. The lowest BCUT2D eigenvalue weighted by atomic mass is 10.1. The Bertz CT molecular complexity index is 1760. The smallest absolute Gasteiger partial charge is 0.337 e. The maximum absolute atomic E-state index is 13.3. The molecule has 9 heteroatoms. The molecule has 0 heterocycles. The largest absolute Gasteiger partial charge is 0.487 e. The molecule has 1 N–H and O–H groups in total. The van der Waals surface area contributed by atoms with Gasteiger partial charge in [0.05, 0.1) is 23.3 Å². The fraction of sp³-hybridized carbons (Fsp3) is 0.0909. The summed E-state index contributed by atoms with van der Waals surface area (Å²) < 4.78 is 16.7. The number of hydrogen-bond donors (Lipinski definition) is 1. The van der Waals surface area contributed by atoms with Gasteiger partial charge in [0, 0.05) is 17.7 Å². The van der Waals surface area contributed by atoms with E-state index in [-0.39, 0.29) is 41.5 Å². The quantitative estimate of drug-likeness (QED) is 0.111. The summed E-state index contributed by atoms with van der Waals surface area (Å²) in [6.07, 6.45) is 0. The number of nitrogens with one attached hydrogen (secondary N) is 1. The maximum atomic E-state index is 13.3. The molecule has 0 saturated carbocycles. The van der Waals surface area contributed by atoms with Crippen molar-refractivity contribution in [2.45, 2.75) is 13.2 Å². The van der Waals surface area contributed by atoms with Crippen LogP contribution >= 0.6 is 0 Å². The van der Waals surface area contributed by atoms with Gasteiger partial charge >= 0.3 is 11.7 Å². The molecule has 0 fully saturated rings. The van der Waals surface area contributed by atoms with Gasteiger partial charge in [-0.3, -0.25) is 14.9 Å². The highest BCUT2D eigenvalue weighted by Gasteiger charge is 2.20. The Morgan fingerprint density at radius 3 is 2.24 bits per heavy atom. The van der Waals surface area contributed by atoms with E-state index < -0.39 is 16.8 Å². The van der Waals surface area contributed by atoms with E-state index in [0.717, 1.165) is 21.9 Å². The SMILES string of the molecule is COC(=O)c1ccc(NC(=O)c2ccc([N+](=O)[O-])c(OCc3cccc4ccccc34)c2)c(OCc2ccccc2)c1. The van der Waals surface area contributed by atoms with Crippen molar-refractivity contribution in [1.29, 1.82) is 0 Å². The lowest BCUT2D eigenvalue weighted by molar-refractivity contribution is -0.385. The predicted molar refractivity (Wildman–Crippen MR) is 158 cm³/mol. The molecule has 1 amide bonds. The van der Waals surface area contributed by atoms with E-state index in [1.807, 2.05) is 72.8 Å². The van der Waals surface area contributed by atoms with Crippen LogP contribution in [-0.2, 0) is 18.0 Å². The summed E-state index contributed by atoms with van der Waals surface area (Å²) in [5, 5.41) is 16.5. The van der Waals surface area contributed by atoms with Crippen LogP contribution in [0.2, 0.25) is 0 Å². The minimum absolute atomic E-state index is 0.0397. The molecule has 0 radical (unpaired) electrons. The number of hydrogen-bond acceptors (Lipinski definition) is 7. The highest BCUT2D eigenvalue weighted by atomic mass is 16.6. The highest BCUT2D eigenvalue weighted by Crippen LogP contribution is 2.32. The number of carbonyl (C=O) groups is 2. The van der Waals surface area contributed by atoms with Crippen molar-refractivity contribution in [2.24, 2.45) is 0 Å². The fourth-order valence-electron chi connectivity index (χ4n) is 4.42. The molecule has 0 unspecified atom stereocenters. The lowest BCUT2D eigenvalue weighted by Crippen LogP contribution is -2.14. The van der Waals surface area contributed by atoms with Gasteiger partial charge in [0.25, 0.3) is 5.91 Å². The minimum Gasteiger partial charge on any atom is -0.487 e. The van der Waals surface area contributed by atoms with E-state index in [4.69, 9.17) is 14.2 Å². The number of nitrogens with zero attached hydrogens (tertiary/aromatic N) is 1. The third-order valence-corrected chi connectivity index (χ3v) is 6.57. The van der Waals surface area contributed by atoms with E-state index in [2.05, 4.69) is 5.32 Å². The molecule has 42 heavy (non-hydrogen) atoms. The lowest BCUT2D eigenvalue weighted by Gasteiger charge is -2.15. The topological polar surface area (TPSA) is 117 Å². The second kappa shape index (κ2) is 12.6. The molecule has 9 nitrogen and oxygen atoms in total. The van der Waals surface area contributed by atoms with Crippen molar-refractivity contribution in [3.05, 3.63) is 142 Å². The van der Waals surface area contributed by atoms with Crippen molar-refractivity contribution < 1.29 is 28.7 Å². The molecule has 0 spiro atoms. The molecule has 0 bridgehead atoms. The van der Waals surface area contributed by atoms with Gasteiger partial charge in [-0.25, -0.2) is 4.79 Å². The van der Waals surface area contributed by atoms with Crippen LogP contribution in [0, 0.1) is 10.1 Å². The zero-order chi connectivity index (χ0) is 29.5. The number of rotatable bonds is 10. The standard InChI is InChI=1S/C33H26N2O7/c1-40-33(37)25-14-16-28(30(19-25)41-20-22-8-3-2-4-9-22)34-32(36)24-15-17-29(35(38)39)31(18-24)42-21-26-12-7-11-23-10-5-6-13-27(23)26/h2-19H,20-21H2,1H3,(H,34,36). The number of esters is 1. The average Bonchev–Trinajstić information content (AvgIpc) is 3.03. The van der Waals surface area contributed by atoms with Crippen molar-refractivity contribution in [1.82, 2.24) is 0 Å². The Kier molecular flexibility index (Phi) is 8.39. The van der Waals surface area contributed by atoms with Gasteiger partial charge in [0.1, 0.15) is 19.0 Å². The van der Waals surface area contributed by atoms with Crippen molar-refractivity contribution in [2.75, 3.05) is 12.4 Å². The number of amides is 1. The molecule has 0 aliphatic rings. The highest BCUT2D eigenvalue weighted by molar-refractivity contribution is 6.06. The number of carbonyl (C=O) groups excluding carboxylic acids is 2. The van der Waals surface area contributed by atoms with Gasteiger partial charge in [0.2, 0.25) is 0 Å². The summed E-state index contributed by atoms with van der Waals surface area (Å²) in [7, 11) is 1.27. The van der Waals surface area contributed by atoms with Gasteiger partial charge < -0.3 is 19.5 Å². The molecule has 0 aliphatic carbocycles. The van der Waals surface area contributed by atoms with Gasteiger partial charge in [0.15, 0.2) is 5.75 Å². The summed E-state index contributed by atoms with van der Waals surface area (Å²) in [5.74, 6) is -0.886. The molecular formula is C33H26N2O7. The molecule has 0 aromatic heterocycles. The average molecular weight is 563 g/mol. The van der Waals surface area contributed by atoms with Gasteiger partial charge in [-0.2, -0.15) is 0 Å². The Hall–Kier alpha value is -5.70. The number of anilines is 1. The summed E-state index contributed by atoms with van der Waals surface area (Å²) in [5.41, 5.74) is 2.17. The van der Waals surface area contributed by atoms with E-state index in [1.54, 1.807) is 0 Å². The van der Waals surface area contributed by atoms with E-state index in [0.29, 0.717) is 5.69 Å². The van der Waals surface area contributed by atoms with Crippen LogP contribution in [0.15, 0.2) is 109 Å². The monoisotopic (exact) mass is 562 g/mol. The van der Waals surface area contributed by atoms with Crippen molar-refractivity contribution in [3.63, 3.8) is 0 Å². The Morgan fingerprint density at radius 1 is 0.762 bits per heavy atom. The number of nitro benzene ring substituents is 1. The zero-order valence-corrected chi connectivity index (χ0v) is 22.6. The van der Waals surface area contributed by atoms with Crippen LogP contribution in [0.1, 0.15) is 31.8 Å². The Morgan fingerprint density at radius 2 is 1.45 bits per heavy atom. The summed E-state index contributed by atoms with van der Waals surface area (Å²) in [6.45, 7) is 0.262. The summed E-state index contributed by atoms with van der Waals surface area (Å²) >= 11 is 0. The summed E-state index contributed by atoms with van der Waals surface area (Å²) in [4.78, 5) is 36.6. The second-order valence-corrected chi connectivity index (χ2v) is 9.30. The molecule has 210 valence electrons. The predicted octanol–water partition coefficient (Wildman–Crippen LogP) is 6.94. The third kappa shape index (κ3) is 6.37.